The van der Waals surface area contributed by atoms with Gasteiger partial charge in [0.25, 0.3) is 0 Å². The van der Waals surface area contributed by atoms with E-state index in [0.717, 1.165) is 30.2 Å². The number of aryl methyl sites for hydroxylation is 1. The van der Waals surface area contributed by atoms with Gasteiger partial charge >= 0.3 is 0 Å². The number of hydrogen-bond acceptors (Lipinski definition) is 5. The number of aromatic nitrogens is 3. The van der Waals surface area contributed by atoms with Crippen molar-refractivity contribution in [3.8, 4) is 10.6 Å². The van der Waals surface area contributed by atoms with E-state index < -0.39 is 0 Å². The number of oxazole rings is 1. The van der Waals surface area contributed by atoms with Crippen molar-refractivity contribution in [2.24, 2.45) is 0 Å². The first-order valence-corrected chi connectivity index (χ1v) is 7.26. The van der Waals surface area contributed by atoms with Gasteiger partial charge in [-0.2, -0.15) is 5.10 Å². The van der Waals surface area contributed by atoms with E-state index in [4.69, 9.17) is 4.42 Å². The van der Waals surface area contributed by atoms with Crippen LogP contribution in [-0.2, 0) is 13.1 Å². The van der Waals surface area contributed by atoms with Gasteiger partial charge in [-0.15, -0.1) is 11.3 Å². The molecule has 0 atom stereocenters. The zero-order chi connectivity index (χ0) is 13.9. The summed E-state index contributed by atoms with van der Waals surface area (Å²) >= 11 is 1.70. The number of thiophene rings is 1. The van der Waals surface area contributed by atoms with Gasteiger partial charge in [0.05, 0.1) is 10.6 Å². The molecule has 0 saturated heterocycles. The number of nitrogens with zero attached hydrogens (tertiary/aromatic N) is 3. The van der Waals surface area contributed by atoms with Gasteiger partial charge in [0, 0.05) is 25.7 Å². The topological polar surface area (TPSA) is 58.0 Å². The maximum absolute atomic E-state index is 5.21. The van der Waals surface area contributed by atoms with Crippen molar-refractivity contribution < 1.29 is 4.42 Å². The second kappa shape index (κ2) is 5.60. The summed E-state index contributed by atoms with van der Waals surface area (Å²) in [6.45, 7) is 3.40. The second-order valence-electron chi connectivity index (χ2n) is 4.79. The van der Waals surface area contributed by atoms with E-state index in [1.54, 1.807) is 17.6 Å². The zero-order valence-electron chi connectivity index (χ0n) is 11.5. The van der Waals surface area contributed by atoms with E-state index in [1.807, 2.05) is 13.0 Å². The molecule has 1 N–H and O–H groups in total. The lowest BCUT2D eigenvalue weighted by atomic mass is 10.3. The van der Waals surface area contributed by atoms with Crippen molar-refractivity contribution in [2.45, 2.75) is 20.0 Å². The van der Waals surface area contributed by atoms with Crippen molar-refractivity contribution in [1.29, 1.82) is 0 Å². The monoisotopic (exact) mass is 288 g/mol. The fourth-order valence-corrected chi connectivity index (χ4v) is 2.78. The Bertz CT molecular complexity index is 671. The Kier molecular flexibility index (Phi) is 3.66. The average Bonchev–Trinajstić information content (AvgIpc) is 3.10. The molecule has 3 heterocycles. The molecule has 3 aromatic rings. The molecule has 0 saturated carbocycles. The van der Waals surface area contributed by atoms with Crippen molar-refractivity contribution in [2.75, 3.05) is 7.05 Å². The Hall–Kier alpha value is -1.92. The summed E-state index contributed by atoms with van der Waals surface area (Å²) in [5.41, 5.74) is 3.04. The Morgan fingerprint density at radius 2 is 2.30 bits per heavy atom. The Balaban J connectivity index is 1.63. The molecule has 3 aromatic heterocycles. The molecular weight excluding hydrogens is 272 g/mol. The fraction of sp³-hybridized carbons (Fsp3) is 0.286. The minimum atomic E-state index is 0.704. The predicted octanol–water partition coefficient (Wildman–Crippen LogP) is 3.07. The first-order chi connectivity index (χ1) is 9.70. The summed E-state index contributed by atoms with van der Waals surface area (Å²) in [5, 5.41) is 9.49. The zero-order valence-corrected chi connectivity index (χ0v) is 12.3. The molecule has 0 amide bonds. The first kappa shape index (κ1) is 13.1. The molecular formula is C14H16N4OS. The normalized spacial score (nSPS) is 11.3. The number of hydrogen-bond donors (Lipinski definition) is 1. The van der Waals surface area contributed by atoms with Crippen LogP contribution in [0.3, 0.4) is 0 Å². The summed E-state index contributed by atoms with van der Waals surface area (Å²) in [5.74, 6) is 0.704. The van der Waals surface area contributed by atoms with Crippen LogP contribution < -0.4 is 0 Å². The molecule has 0 aliphatic carbocycles. The van der Waals surface area contributed by atoms with E-state index in [2.05, 4.69) is 44.6 Å². The summed E-state index contributed by atoms with van der Waals surface area (Å²) < 4.78 is 5.21. The van der Waals surface area contributed by atoms with Crippen molar-refractivity contribution in [3.05, 3.63) is 47.1 Å². The van der Waals surface area contributed by atoms with Crippen LogP contribution in [0.2, 0.25) is 0 Å². The largest absolute Gasteiger partial charge is 0.449 e. The highest BCUT2D eigenvalue weighted by Crippen LogP contribution is 2.23. The summed E-state index contributed by atoms with van der Waals surface area (Å²) in [6.07, 6.45) is 1.70. The molecule has 104 valence electrons. The minimum absolute atomic E-state index is 0.704. The van der Waals surface area contributed by atoms with E-state index in [0.29, 0.717) is 5.89 Å². The minimum Gasteiger partial charge on any atom is -0.449 e. The molecule has 0 aromatic carbocycles. The van der Waals surface area contributed by atoms with E-state index in [1.165, 1.54) is 4.88 Å². The lowest BCUT2D eigenvalue weighted by Crippen LogP contribution is -2.17. The van der Waals surface area contributed by atoms with Crippen LogP contribution in [-0.4, -0.2) is 27.1 Å². The summed E-state index contributed by atoms with van der Waals surface area (Å²) in [7, 11) is 2.05. The highest BCUT2D eigenvalue weighted by molar-refractivity contribution is 7.13. The molecule has 0 unspecified atom stereocenters. The maximum Gasteiger partial charge on any atom is 0.191 e. The summed E-state index contributed by atoms with van der Waals surface area (Å²) in [6, 6.07) is 6.20. The molecule has 3 rings (SSSR count). The SMILES string of the molecule is Cc1nc(CN(C)Cc2cc(-c3cccs3)n[nH]2)co1. The molecule has 6 heteroatoms. The Morgan fingerprint density at radius 1 is 1.40 bits per heavy atom. The molecule has 0 bridgehead atoms. The highest BCUT2D eigenvalue weighted by atomic mass is 32.1. The molecule has 0 spiro atoms. The molecule has 5 nitrogen and oxygen atoms in total. The number of H-pyrrole nitrogens is 1. The quantitative estimate of drug-likeness (QED) is 0.784. The third kappa shape index (κ3) is 2.97. The van der Waals surface area contributed by atoms with Gasteiger partial charge in [0.1, 0.15) is 12.0 Å². The molecule has 0 radical (unpaired) electrons. The van der Waals surface area contributed by atoms with Gasteiger partial charge in [-0.3, -0.25) is 10.00 Å². The van der Waals surface area contributed by atoms with Crippen LogP contribution in [0, 0.1) is 6.92 Å². The third-order valence-corrected chi connectivity index (χ3v) is 3.84. The standard InChI is InChI=1S/C14H16N4OS/c1-10-15-12(9-19-10)8-18(2)7-11-6-13(17-16-11)14-4-3-5-20-14/h3-6,9H,7-8H2,1-2H3,(H,16,17). The molecule has 0 fully saturated rings. The predicted molar refractivity (Wildman–Crippen MR) is 78.3 cm³/mol. The van der Waals surface area contributed by atoms with E-state index in [-0.39, 0.29) is 0 Å². The molecule has 20 heavy (non-hydrogen) atoms. The van der Waals surface area contributed by atoms with Gasteiger partial charge in [-0.1, -0.05) is 6.07 Å². The second-order valence-corrected chi connectivity index (χ2v) is 5.73. The van der Waals surface area contributed by atoms with Crippen molar-refractivity contribution in [1.82, 2.24) is 20.1 Å². The smallest absolute Gasteiger partial charge is 0.191 e. The highest BCUT2D eigenvalue weighted by Gasteiger charge is 2.09. The lowest BCUT2D eigenvalue weighted by molar-refractivity contribution is 0.310. The maximum atomic E-state index is 5.21. The number of rotatable bonds is 5. The van der Waals surface area contributed by atoms with Crippen LogP contribution in [0.15, 0.2) is 34.3 Å². The van der Waals surface area contributed by atoms with Crippen molar-refractivity contribution in [3.63, 3.8) is 0 Å². The average molecular weight is 288 g/mol. The van der Waals surface area contributed by atoms with Gasteiger partial charge in [-0.25, -0.2) is 4.98 Å². The van der Waals surface area contributed by atoms with Gasteiger partial charge < -0.3 is 4.42 Å². The van der Waals surface area contributed by atoms with Gasteiger partial charge in [-0.05, 0) is 24.6 Å². The van der Waals surface area contributed by atoms with Crippen LogP contribution in [0.1, 0.15) is 17.3 Å². The van der Waals surface area contributed by atoms with Crippen molar-refractivity contribution >= 4 is 11.3 Å². The van der Waals surface area contributed by atoms with Crippen LogP contribution in [0.5, 0.6) is 0 Å². The number of nitrogens with one attached hydrogen (secondary N) is 1. The fourth-order valence-electron chi connectivity index (χ4n) is 2.10. The van der Waals surface area contributed by atoms with E-state index in [9.17, 15) is 0 Å². The van der Waals surface area contributed by atoms with Crippen LogP contribution in [0.25, 0.3) is 10.6 Å². The molecule has 0 aliphatic rings. The lowest BCUT2D eigenvalue weighted by Gasteiger charge is -2.13. The van der Waals surface area contributed by atoms with E-state index >= 15 is 0 Å². The Morgan fingerprint density at radius 3 is 3.00 bits per heavy atom. The number of aromatic amines is 1. The summed E-state index contributed by atoms with van der Waals surface area (Å²) in [4.78, 5) is 7.66. The van der Waals surface area contributed by atoms with Crippen LogP contribution in [0.4, 0.5) is 0 Å². The van der Waals surface area contributed by atoms with Crippen LogP contribution >= 0.6 is 11.3 Å². The van der Waals surface area contributed by atoms with Gasteiger partial charge in [0.2, 0.25) is 0 Å². The third-order valence-electron chi connectivity index (χ3n) is 2.94. The Labute approximate surface area is 121 Å². The first-order valence-electron chi connectivity index (χ1n) is 6.38. The van der Waals surface area contributed by atoms with Gasteiger partial charge in [0.15, 0.2) is 5.89 Å². The molecule has 0 aliphatic heterocycles.